The second-order valence-electron chi connectivity index (χ2n) is 4.08. The van der Waals surface area contributed by atoms with Gasteiger partial charge in [-0.25, -0.2) is 0 Å². The van der Waals surface area contributed by atoms with Gasteiger partial charge in [0.25, 0.3) is 0 Å². The maximum absolute atomic E-state index is 6.16. The van der Waals surface area contributed by atoms with Gasteiger partial charge < -0.3 is 0 Å². The van der Waals surface area contributed by atoms with Crippen LogP contribution in [0.2, 0.25) is 20.1 Å². The van der Waals surface area contributed by atoms with Gasteiger partial charge in [-0.15, -0.1) is 0 Å². The van der Waals surface area contributed by atoms with Gasteiger partial charge in [-0.1, -0.05) is 0 Å². The minimum absolute atomic E-state index is 0.595. The SMILES string of the molecule is Clc1ccc([CH2][Sn][CH2]c2ccc(Cl)cc2Cl)c(Cl)c1. The van der Waals surface area contributed by atoms with Gasteiger partial charge in [-0.2, -0.15) is 0 Å². The molecule has 0 saturated heterocycles. The van der Waals surface area contributed by atoms with Crippen molar-refractivity contribution in [1.82, 2.24) is 0 Å². The van der Waals surface area contributed by atoms with Gasteiger partial charge in [-0.05, 0) is 0 Å². The van der Waals surface area contributed by atoms with Gasteiger partial charge in [0.2, 0.25) is 0 Å². The Kier molecular flexibility index (Phi) is 6.16. The van der Waals surface area contributed by atoms with Gasteiger partial charge >= 0.3 is 144 Å². The molecular formula is C14H10Cl4Sn. The molecule has 2 aromatic rings. The molecule has 0 fully saturated rings. The molecule has 98 valence electrons. The third-order valence-corrected chi connectivity index (χ3v) is 7.44. The number of halogens is 4. The van der Waals surface area contributed by atoms with Crippen LogP contribution in [-0.2, 0) is 8.87 Å². The molecule has 0 saturated carbocycles. The van der Waals surface area contributed by atoms with Crippen molar-refractivity contribution >= 4 is 67.5 Å². The Morgan fingerprint density at radius 2 is 1.11 bits per heavy atom. The standard InChI is InChI=1S/2C7H5Cl2.Sn/c2*1-5-2-3-6(8)4-7(5)9;/h2*2-4H,1H2;. The molecule has 0 bridgehead atoms. The second kappa shape index (κ2) is 7.42. The minimum atomic E-state index is -0.595. The zero-order valence-electron chi connectivity index (χ0n) is 9.89. The summed E-state index contributed by atoms with van der Waals surface area (Å²) in [4.78, 5) is 0. The molecule has 0 spiro atoms. The Balaban J connectivity index is 1.96. The van der Waals surface area contributed by atoms with Crippen LogP contribution in [0.15, 0.2) is 36.4 Å². The molecule has 0 aromatic heterocycles. The second-order valence-corrected chi connectivity index (χ2v) is 9.21. The first-order valence-electron chi connectivity index (χ1n) is 5.65. The van der Waals surface area contributed by atoms with Crippen molar-refractivity contribution in [2.24, 2.45) is 0 Å². The van der Waals surface area contributed by atoms with Crippen molar-refractivity contribution in [3.8, 4) is 0 Å². The molecule has 0 amide bonds. The topological polar surface area (TPSA) is 0 Å². The molecule has 0 aliphatic rings. The van der Waals surface area contributed by atoms with E-state index >= 15 is 0 Å². The fourth-order valence-corrected chi connectivity index (χ4v) is 6.91. The van der Waals surface area contributed by atoms with Crippen LogP contribution >= 0.6 is 46.4 Å². The summed E-state index contributed by atoms with van der Waals surface area (Å²) in [5, 5.41) is 2.88. The van der Waals surface area contributed by atoms with E-state index in [-0.39, 0.29) is 0 Å². The Bertz CT molecular complexity index is 532. The van der Waals surface area contributed by atoms with Crippen LogP contribution in [0, 0.1) is 0 Å². The summed E-state index contributed by atoms with van der Waals surface area (Å²) in [6, 6.07) is 11.4. The Morgan fingerprint density at radius 1 is 0.684 bits per heavy atom. The van der Waals surface area contributed by atoms with E-state index in [1.807, 2.05) is 24.3 Å². The maximum atomic E-state index is 6.16. The van der Waals surface area contributed by atoms with E-state index < -0.39 is 21.1 Å². The summed E-state index contributed by atoms with van der Waals surface area (Å²) < 4.78 is 2.14. The van der Waals surface area contributed by atoms with Crippen LogP contribution in [0.4, 0.5) is 0 Å². The predicted molar refractivity (Wildman–Crippen MR) is 86.1 cm³/mol. The first kappa shape index (κ1) is 15.8. The average Bonchev–Trinajstić information content (AvgIpc) is 2.34. The molecule has 0 unspecified atom stereocenters. The van der Waals surface area contributed by atoms with Crippen molar-refractivity contribution < 1.29 is 0 Å². The summed E-state index contributed by atoms with van der Waals surface area (Å²) >= 11 is 23.5. The Hall–Kier alpha value is 0.399. The zero-order valence-corrected chi connectivity index (χ0v) is 15.8. The average molecular weight is 439 g/mol. The van der Waals surface area contributed by atoms with Crippen LogP contribution < -0.4 is 0 Å². The number of rotatable bonds is 4. The quantitative estimate of drug-likeness (QED) is 0.537. The molecule has 5 heteroatoms. The molecule has 2 rings (SSSR count). The molecule has 0 heterocycles. The molecule has 0 atom stereocenters. The summed E-state index contributed by atoms with van der Waals surface area (Å²) in [6.45, 7) is 0. The van der Waals surface area contributed by atoms with Crippen LogP contribution in [0.3, 0.4) is 0 Å². The Labute approximate surface area is 143 Å². The van der Waals surface area contributed by atoms with Gasteiger partial charge in [0.1, 0.15) is 0 Å². The van der Waals surface area contributed by atoms with E-state index in [9.17, 15) is 0 Å². The first-order chi connectivity index (χ1) is 9.06. The van der Waals surface area contributed by atoms with Gasteiger partial charge in [0.05, 0.1) is 0 Å². The third kappa shape index (κ3) is 4.71. The normalized spacial score (nSPS) is 10.7. The van der Waals surface area contributed by atoms with Gasteiger partial charge in [-0.3, -0.25) is 0 Å². The van der Waals surface area contributed by atoms with Crippen molar-refractivity contribution in [2.75, 3.05) is 0 Å². The molecule has 0 nitrogen and oxygen atoms in total. The monoisotopic (exact) mass is 438 g/mol. The Morgan fingerprint density at radius 3 is 1.47 bits per heavy atom. The van der Waals surface area contributed by atoms with E-state index in [0.717, 1.165) is 18.9 Å². The molecular weight excluding hydrogens is 429 g/mol. The molecule has 19 heavy (non-hydrogen) atoms. The molecule has 0 aliphatic carbocycles. The summed E-state index contributed by atoms with van der Waals surface area (Å²) in [5.74, 6) is 0. The summed E-state index contributed by atoms with van der Waals surface area (Å²) in [5.41, 5.74) is 2.37. The molecule has 2 aromatic carbocycles. The van der Waals surface area contributed by atoms with Crippen LogP contribution in [0.1, 0.15) is 11.1 Å². The van der Waals surface area contributed by atoms with E-state index in [0.29, 0.717) is 10.0 Å². The van der Waals surface area contributed by atoms with E-state index in [1.54, 1.807) is 12.1 Å². The number of hydrogen-bond donors (Lipinski definition) is 0. The zero-order chi connectivity index (χ0) is 13.8. The van der Waals surface area contributed by atoms with E-state index in [4.69, 9.17) is 46.4 Å². The molecule has 0 aliphatic heterocycles. The van der Waals surface area contributed by atoms with Crippen LogP contribution in [-0.4, -0.2) is 21.1 Å². The third-order valence-electron chi connectivity index (χ3n) is 2.66. The molecule has 2 radical (unpaired) electrons. The fourth-order valence-electron chi connectivity index (χ4n) is 1.66. The predicted octanol–water partition coefficient (Wildman–Crippen LogP) is 5.70. The van der Waals surface area contributed by atoms with Crippen molar-refractivity contribution in [3.63, 3.8) is 0 Å². The summed E-state index contributed by atoms with van der Waals surface area (Å²) in [6.07, 6.45) is 0. The van der Waals surface area contributed by atoms with E-state index in [2.05, 4.69) is 0 Å². The van der Waals surface area contributed by atoms with Crippen LogP contribution in [0.25, 0.3) is 0 Å². The van der Waals surface area contributed by atoms with Gasteiger partial charge in [0, 0.05) is 0 Å². The van der Waals surface area contributed by atoms with Gasteiger partial charge in [0.15, 0.2) is 0 Å². The van der Waals surface area contributed by atoms with Crippen LogP contribution in [0.5, 0.6) is 0 Å². The summed E-state index contributed by atoms with van der Waals surface area (Å²) in [7, 11) is 0. The number of benzene rings is 2. The molecule has 0 N–H and O–H groups in total. The van der Waals surface area contributed by atoms with Crippen molar-refractivity contribution in [3.05, 3.63) is 67.6 Å². The van der Waals surface area contributed by atoms with E-state index in [1.165, 1.54) is 11.1 Å². The van der Waals surface area contributed by atoms with Crippen molar-refractivity contribution in [1.29, 1.82) is 0 Å². The fraction of sp³-hybridized carbons (Fsp3) is 0.143. The van der Waals surface area contributed by atoms with Crippen molar-refractivity contribution in [2.45, 2.75) is 8.87 Å². The number of hydrogen-bond acceptors (Lipinski definition) is 0. The first-order valence-corrected chi connectivity index (χ1v) is 11.2.